The minimum atomic E-state index is -4.80. The molecule has 2 aromatic rings. The molecule has 1 heterocycles. The van der Waals surface area contributed by atoms with Gasteiger partial charge in [-0.25, -0.2) is 4.79 Å². The summed E-state index contributed by atoms with van der Waals surface area (Å²) in [6.45, 7) is 0. The van der Waals surface area contributed by atoms with Crippen LogP contribution in [0.4, 0.5) is 29.3 Å². The number of ether oxygens (including phenoxy) is 1. The molecule has 0 fully saturated rings. The third-order valence-corrected chi connectivity index (χ3v) is 2.82. The molecule has 10 heteroatoms. The molecule has 0 aliphatic heterocycles. The smallest absolute Gasteiger partial charge is 0.543 e. The number of rotatable bonds is 4. The van der Waals surface area contributed by atoms with Gasteiger partial charge in [0.15, 0.2) is 0 Å². The maximum absolute atomic E-state index is 12.0. The third-order valence-electron chi connectivity index (χ3n) is 2.82. The van der Waals surface area contributed by atoms with Crippen LogP contribution in [0.1, 0.15) is 10.5 Å². The van der Waals surface area contributed by atoms with E-state index < -0.39 is 24.1 Å². The molecule has 7 nitrogen and oxygen atoms in total. The van der Waals surface area contributed by atoms with E-state index in [0.717, 1.165) is 12.1 Å². The second-order valence-corrected chi connectivity index (χ2v) is 4.66. The van der Waals surface area contributed by atoms with Crippen molar-refractivity contribution in [2.75, 3.05) is 10.6 Å². The molecule has 0 atom stereocenters. The number of aromatic nitrogens is 1. The topological polar surface area (TPSA) is 95.4 Å². The van der Waals surface area contributed by atoms with E-state index >= 15 is 0 Å². The second kappa shape index (κ2) is 6.52. The molecule has 0 unspecified atom stereocenters. The Morgan fingerprint density at radius 2 is 1.71 bits per heavy atom. The lowest BCUT2D eigenvalue weighted by Gasteiger charge is -2.10. The van der Waals surface area contributed by atoms with Crippen LogP contribution in [-0.2, 0) is 7.05 Å². The van der Waals surface area contributed by atoms with Gasteiger partial charge in [-0.05, 0) is 30.3 Å². The quantitative estimate of drug-likeness (QED) is 0.887. The summed E-state index contributed by atoms with van der Waals surface area (Å²) >= 11 is 0. The molecule has 0 spiro atoms. The number of aromatic carboxylic acids is 1. The first kappa shape index (κ1) is 17.2. The van der Waals surface area contributed by atoms with Crippen LogP contribution in [0.2, 0.25) is 0 Å². The number of nitrogens with one attached hydrogen (secondary N) is 2. The number of aryl methyl sites for hydroxylation is 1. The lowest BCUT2D eigenvalue weighted by Crippen LogP contribution is -2.24. The number of carboxylic acid groups (broad SMARTS) is 1. The van der Waals surface area contributed by atoms with E-state index in [1.165, 1.54) is 36.0 Å². The molecule has 0 radical (unpaired) electrons. The van der Waals surface area contributed by atoms with E-state index in [1.807, 2.05) is 0 Å². The molecule has 2 amide bonds. The van der Waals surface area contributed by atoms with Crippen molar-refractivity contribution < 1.29 is 32.6 Å². The van der Waals surface area contributed by atoms with Gasteiger partial charge in [0, 0.05) is 18.9 Å². The van der Waals surface area contributed by atoms with Gasteiger partial charge in [-0.2, -0.15) is 0 Å². The minimum absolute atomic E-state index is 0.126. The van der Waals surface area contributed by atoms with Crippen LogP contribution in [0, 0.1) is 0 Å². The Bertz CT molecular complexity index is 754. The first-order valence-corrected chi connectivity index (χ1v) is 6.45. The Kier molecular flexibility index (Phi) is 4.67. The maximum Gasteiger partial charge on any atom is 0.573 e. The first-order valence-electron chi connectivity index (χ1n) is 6.45. The van der Waals surface area contributed by atoms with Crippen LogP contribution < -0.4 is 20.5 Å². The number of halogens is 3. The van der Waals surface area contributed by atoms with Gasteiger partial charge in [-0.3, -0.25) is 0 Å². The van der Waals surface area contributed by atoms with Crippen molar-refractivity contribution in [3.63, 3.8) is 0 Å². The molecule has 1 aromatic heterocycles. The second-order valence-electron chi connectivity index (χ2n) is 4.66. The lowest BCUT2D eigenvalue weighted by atomic mass is 10.3. The van der Waals surface area contributed by atoms with E-state index in [4.69, 9.17) is 0 Å². The molecule has 0 aliphatic carbocycles. The summed E-state index contributed by atoms with van der Waals surface area (Å²) in [4.78, 5) is 22.6. The largest absolute Gasteiger partial charge is 0.573 e. The summed E-state index contributed by atoms with van der Waals surface area (Å²) in [5.41, 5.74) is 0.309. The van der Waals surface area contributed by atoms with Crippen molar-refractivity contribution >= 4 is 23.4 Å². The summed E-state index contributed by atoms with van der Waals surface area (Å²) in [6, 6.07) is 5.03. The molecule has 0 saturated carbocycles. The van der Waals surface area contributed by atoms with Gasteiger partial charge >= 0.3 is 12.4 Å². The highest BCUT2D eigenvalue weighted by molar-refractivity contribution is 6.00. The number of nitrogens with zero attached hydrogens (tertiary/aromatic N) is 1. The fourth-order valence-corrected chi connectivity index (χ4v) is 1.87. The highest BCUT2D eigenvalue weighted by atomic mass is 19.4. The summed E-state index contributed by atoms with van der Waals surface area (Å²) in [6.07, 6.45) is -3.43. The average molecular weight is 342 g/mol. The normalized spacial score (nSPS) is 11.0. The van der Waals surface area contributed by atoms with Gasteiger partial charge < -0.3 is 29.8 Å². The number of alkyl halides is 3. The SMILES string of the molecule is Cn1cc(NC(=O)Nc2ccc(OC(F)(F)F)cc2)cc1C(=O)[O-]. The van der Waals surface area contributed by atoms with Crippen molar-refractivity contribution in [1.82, 2.24) is 4.57 Å². The highest BCUT2D eigenvalue weighted by Crippen LogP contribution is 2.24. The van der Waals surface area contributed by atoms with Crippen LogP contribution in [0.3, 0.4) is 0 Å². The third kappa shape index (κ3) is 4.66. The lowest BCUT2D eigenvalue weighted by molar-refractivity contribution is -0.274. The van der Waals surface area contributed by atoms with Gasteiger partial charge in [0.1, 0.15) is 5.75 Å². The molecule has 24 heavy (non-hydrogen) atoms. The van der Waals surface area contributed by atoms with Crippen LogP contribution in [-0.4, -0.2) is 22.9 Å². The van der Waals surface area contributed by atoms with Crippen LogP contribution >= 0.6 is 0 Å². The summed E-state index contributed by atoms with van der Waals surface area (Å²) < 4.78 is 41.1. The van der Waals surface area contributed by atoms with E-state index in [1.54, 1.807) is 0 Å². The highest BCUT2D eigenvalue weighted by Gasteiger charge is 2.30. The molecule has 0 aliphatic rings. The Labute approximate surface area is 133 Å². The van der Waals surface area contributed by atoms with Crippen molar-refractivity contribution in [2.45, 2.75) is 6.36 Å². The van der Waals surface area contributed by atoms with Gasteiger partial charge in [0.2, 0.25) is 0 Å². The fourth-order valence-electron chi connectivity index (χ4n) is 1.87. The van der Waals surface area contributed by atoms with E-state index in [2.05, 4.69) is 15.4 Å². The predicted molar refractivity (Wildman–Crippen MR) is 75.5 cm³/mol. The molecule has 2 N–H and O–H groups in total. The van der Waals surface area contributed by atoms with Gasteiger partial charge in [0.05, 0.1) is 17.4 Å². The van der Waals surface area contributed by atoms with Crippen LogP contribution in [0.25, 0.3) is 0 Å². The number of urea groups is 1. The van der Waals surface area contributed by atoms with Gasteiger partial charge in [-0.15, -0.1) is 13.2 Å². The Morgan fingerprint density at radius 1 is 1.12 bits per heavy atom. The van der Waals surface area contributed by atoms with Crippen molar-refractivity contribution in [3.8, 4) is 5.75 Å². The Balaban J connectivity index is 1.97. The Morgan fingerprint density at radius 3 is 2.21 bits per heavy atom. The standard InChI is InChI=1S/C14H12F3N3O4/c1-20-7-9(6-11(20)12(21)22)19-13(23)18-8-2-4-10(5-3-8)24-14(15,16)17/h2-7H,1H3,(H,21,22)(H2,18,19,23)/p-1. The average Bonchev–Trinajstić information content (AvgIpc) is 2.80. The molecule has 0 bridgehead atoms. The van der Waals surface area contributed by atoms with Crippen molar-refractivity contribution in [3.05, 3.63) is 42.2 Å². The molecule has 128 valence electrons. The molecule has 2 rings (SSSR count). The zero-order valence-corrected chi connectivity index (χ0v) is 12.2. The molecule has 0 saturated heterocycles. The fraction of sp³-hybridized carbons (Fsp3) is 0.143. The number of anilines is 2. The zero-order chi connectivity index (χ0) is 17.9. The van der Waals surface area contributed by atoms with E-state index in [0.29, 0.717) is 0 Å². The number of hydrogen-bond acceptors (Lipinski definition) is 4. The van der Waals surface area contributed by atoms with Crippen LogP contribution in [0.15, 0.2) is 36.5 Å². The summed E-state index contributed by atoms with van der Waals surface area (Å²) in [5, 5.41) is 15.6. The number of hydrogen-bond donors (Lipinski definition) is 2. The van der Waals surface area contributed by atoms with Crippen molar-refractivity contribution in [1.29, 1.82) is 0 Å². The van der Waals surface area contributed by atoms with Crippen LogP contribution in [0.5, 0.6) is 5.75 Å². The molecular weight excluding hydrogens is 331 g/mol. The van der Waals surface area contributed by atoms with E-state index in [-0.39, 0.29) is 17.1 Å². The van der Waals surface area contributed by atoms with Crippen molar-refractivity contribution in [2.24, 2.45) is 7.05 Å². The number of amides is 2. The molecular formula is C14H11F3N3O4-. The minimum Gasteiger partial charge on any atom is -0.543 e. The maximum atomic E-state index is 12.0. The van der Waals surface area contributed by atoms with Gasteiger partial charge in [0.25, 0.3) is 0 Å². The monoisotopic (exact) mass is 342 g/mol. The summed E-state index contributed by atoms with van der Waals surface area (Å²) in [7, 11) is 1.47. The number of carbonyl (C=O) groups excluding carboxylic acids is 2. The van der Waals surface area contributed by atoms with E-state index in [9.17, 15) is 27.9 Å². The first-order chi connectivity index (χ1) is 11.1. The van der Waals surface area contributed by atoms with Gasteiger partial charge in [-0.1, -0.05) is 0 Å². The number of carbonyl (C=O) groups is 2. The number of carboxylic acids is 1. The number of benzene rings is 1. The predicted octanol–water partition coefficient (Wildman–Crippen LogP) is 1.93. The molecule has 1 aromatic carbocycles. The Hall–Kier alpha value is -3.17. The summed E-state index contributed by atoms with van der Waals surface area (Å²) in [5.74, 6) is -1.82. The zero-order valence-electron chi connectivity index (χ0n) is 12.2.